The summed E-state index contributed by atoms with van der Waals surface area (Å²) < 4.78 is 5.55. The molecule has 0 spiro atoms. The number of rotatable bonds is 8. The van der Waals surface area contributed by atoms with Gasteiger partial charge in [-0.2, -0.15) is 0 Å². The van der Waals surface area contributed by atoms with E-state index in [2.05, 4.69) is 12.2 Å². The Hall–Kier alpha value is -0.800. The lowest BCUT2D eigenvalue weighted by Gasteiger charge is -2.26. The molecule has 2 saturated carbocycles. The average molecular weight is 322 g/mol. The van der Waals surface area contributed by atoms with Gasteiger partial charge in [0, 0.05) is 13.2 Å². The Labute approximate surface area is 141 Å². The van der Waals surface area contributed by atoms with Crippen LogP contribution < -0.4 is 0 Å². The molecule has 0 radical (unpaired) electrons. The predicted molar refractivity (Wildman–Crippen MR) is 93.7 cm³/mol. The maximum atomic E-state index is 8.98. The molecule has 0 atom stereocenters. The molecular weight excluding hydrogens is 288 g/mol. The van der Waals surface area contributed by atoms with Gasteiger partial charge in [-0.3, -0.25) is 0 Å². The van der Waals surface area contributed by atoms with Crippen LogP contribution in [0.5, 0.6) is 0 Å². The first-order valence-corrected chi connectivity index (χ1v) is 9.52. The van der Waals surface area contributed by atoms with Crippen LogP contribution in [-0.4, -0.2) is 23.4 Å². The van der Waals surface area contributed by atoms with Gasteiger partial charge in [-0.05, 0) is 100 Å². The molecule has 2 aliphatic carbocycles. The molecule has 0 aromatic carbocycles. The number of hydrogen-bond acceptors (Lipinski definition) is 3. The molecule has 0 heterocycles. The second-order valence-electron chi connectivity index (χ2n) is 7.38. The molecule has 0 amide bonds. The summed E-state index contributed by atoms with van der Waals surface area (Å²) in [5, 5.41) is 18.0. The van der Waals surface area contributed by atoms with Gasteiger partial charge in [-0.1, -0.05) is 0 Å². The number of aliphatic hydroxyl groups excluding tert-OH is 2. The smallest absolute Gasteiger partial charge is 0.0864 e. The van der Waals surface area contributed by atoms with Crippen molar-refractivity contribution in [3.63, 3.8) is 0 Å². The molecule has 2 fully saturated rings. The van der Waals surface area contributed by atoms with E-state index in [0.717, 1.165) is 24.7 Å². The lowest BCUT2D eigenvalue weighted by Crippen LogP contribution is -2.14. The van der Waals surface area contributed by atoms with Gasteiger partial charge < -0.3 is 14.9 Å². The summed E-state index contributed by atoms with van der Waals surface area (Å²) in [6, 6.07) is 0. The number of ether oxygens (including phenoxy) is 1. The second kappa shape index (κ2) is 10.9. The lowest BCUT2D eigenvalue weighted by atomic mass is 9.81. The van der Waals surface area contributed by atoms with Crippen molar-refractivity contribution in [3.8, 4) is 0 Å². The van der Waals surface area contributed by atoms with Gasteiger partial charge in [0.1, 0.15) is 0 Å². The van der Waals surface area contributed by atoms with Crippen LogP contribution in [0.2, 0.25) is 0 Å². The Morgan fingerprint density at radius 1 is 0.652 bits per heavy atom. The Balaban J connectivity index is 1.56. The summed E-state index contributed by atoms with van der Waals surface area (Å²) in [5.74, 6) is 2.75. The average Bonchev–Trinajstić information content (AvgIpc) is 2.58. The number of allylic oxidation sites excluding steroid dienone is 2. The van der Waals surface area contributed by atoms with E-state index in [4.69, 9.17) is 14.9 Å². The molecule has 132 valence electrons. The van der Waals surface area contributed by atoms with E-state index in [1.165, 1.54) is 51.4 Å². The third kappa shape index (κ3) is 7.09. The first-order chi connectivity index (χ1) is 11.3. The first kappa shape index (κ1) is 18.5. The summed E-state index contributed by atoms with van der Waals surface area (Å²) in [5.41, 5.74) is 0. The molecule has 0 aliphatic heterocycles. The minimum absolute atomic E-state index is 0.334. The normalized spacial score (nSPS) is 32.6. The van der Waals surface area contributed by atoms with Gasteiger partial charge in [0.05, 0.1) is 12.5 Å². The lowest BCUT2D eigenvalue weighted by molar-refractivity contribution is 0.216. The van der Waals surface area contributed by atoms with Crippen molar-refractivity contribution in [2.24, 2.45) is 23.7 Å². The van der Waals surface area contributed by atoms with Gasteiger partial charge in [0.15, 0.2) is 0 Å². The Morgan fingerprint density at radius 3 is 1.39 bits per heavy atom. The van der Waals surface area contributed by atoms with E-state index >= 15 is 0 Å². The van der Waals surface area contributed by atoms with Gasteiger partial charge >= 0.3 is 0 Å². The summed E-state index contributed by atoms with van der Waals surface area (Å²) in [6.07, 6.45) is 19.9. The fraction of sp³-hybridized carbons (Fsp3) is 0.800. The van der Waals surface area contributed by atoms with Crippen LogP contribution in [0, 0.1) is 23.7 Å². The molecule has 0 unspecified atom stereocenters. The van der Waals surface area contributed by atoms with Crippen LogP contribution in [0.15, 0.2) is 24.7 Å². The van der Waals surface area contributed by atoms with Crippen molar-refractivity contribution in [2.75, 3.05) is 13.2 Å². The highest BCUT2D eigenvalue weighted by Crippen LogP contribution is 2.32. The number of aliphatic hydroxyl groups is 2. The molecule has 2 rings (SSSR count). The minimum atomic E-state index is 0.334. The monoisotopic (exact) mass is 322 g/mol. The third-order valence-corrected chi connectivity index (χ3v) is 5.72. The molecule has 0 bridgehead atoms. The zero-order valence-corrected chi connectivity index (χ0v) is 14.4. The summed E-state index contributed by atoms with van der Waals surface area (Å²) >= 11 is 0. The van der Waals surface area contributed by atoms with Crippen LogP contribution in [0.3, 0.4) is 0 Å². The molecule has 2 N–H and O–H groups in total. The molecule has 3 nitrogen and oxygen atoms in total. The second-order valence-corrected chi connectivity index (χ2v) is 7.38. The predicted octanol–water partition coefficient (Wildman–Crippen LogP) is 4.41. The van der Waals surface area contributed by atoms with Crippen LogP contribution >= 0.6 is 0 Å². The fourth-order valence-electron chi connectivity index (χ4n) is 4.06. The van der Waals surface area contributed by atoms with Crippen LogP contribution in [-0.2, 0) is 4.74 Å². The summed E-state index contributed by atoms with van der Waals surface area (Å²) in [4.78, 5) is 0. The van der Waals surface area contributed by atoms with Crippen molar-refractivity contribution < 1.29 is 14.9 Å². The fourth-order valence-corrected chi connectivity index (χ4v) is 4.06. The van der Waals surface area contributed by atoms with Crippen molar-refractivity contribution in [3.05, 3.63) is 24.7 Å². The van der Waals surface area contributed by atoms with E-state index in [0.29, 0.717) is 25.0 Å². The van der Waals surface area contributed by atoms with Gasteiger partial charge in [0.2, 0.25) is 0 Å². The summed E-state index contributed by atoms with van der Waals surface area (Å²) in [6.45, 7) is 0.669. The molecule has 0 aromatic rings. The van der Waals surface area contributed by atoms with Gasteiger partial charge in [-0.15, -0.1) is 0 Å². The third-order valence-electron chi connectivity index (χ3n) is 5.72. The Bertz CT molecular complexity index is 314. The van der Waals surface area contributed by atoms with Crippen molar-refractivity contribution in [1.29, 1.82) is 0 Å². The molecule has 0 aromatic heterocycles. The molecule has 0 saturated heterocycles. The number of hydrogen-bond donors (Lipinski definition) is 2. The van der Waals surface area contributed by atoms with Crippen molar-refractivity contribution in [2.45, 2.75) is 64.2 Å². The molecule has 2 aliphatic rings. The van der Waals surface area contributed by atoms with Crippen LogP contribution in [0.1, 0.15) is 64.2 Å². The SMILES string of the molecule is OCCC1CCC(C=COC=CC2CCC(CCO)CC2)CC1. The maximum absolute atomic E-state index is 8.98. The van der Waals surface area contributed by atoms with E-state index < -0.39 is 0 Å². The zero-order valence-electron chi connectivity index (χ0n) is 14.4. The van der Waals surface area contributed by atoms with Crippen LogP contribution in [0.4, 0.5) is 0 Å². The minimum Gasteiger partial charge on any atom is -0.473 e. The van der Waals surface area contributed by atoms with E-state index in [9.17, 15) is 0 Å². The van der Waals surface area contributed by atoms with Gasteiger partial charge in [-0.25, -0.2) is 0 Å². The van der Waals surface area contributed by atoms with Gasteiger partial charge in [0.25, 0.3) is 0 Å². The van der Waals surface area contributed by atoms with Crippen molar-refractivity contribution >= 4 is 0 Å². The van der Waals surface area contributed by atoms with Crippen molar-refractivity contribution in [1.82, 2.24) is 0 Å². The molecule has 23 heavy (non-hydrogen) atoms. The van der Waals surface area contributed by atoms with Crippen LogP contribution in [0.25, 0.3) is 0 Å². The zero-order chi connectivity index (χ0) is 16.3. The molecular formula is C20H34O3. The van der Waals surface area contributed by atoms with E-state index in [-0.39, 0.29) is 0 Å². The van der Waals surface area contributed by atoms with E-state index in [1.54, 1.807) is 0 Å². The highest BCUT2D eigenvalue weighted by atomic mass is 16.5. The standard InChI is InChI=1S/C20H34O3/c21-13-9-17-1-5-19(6-2-17)11-15-23-16-12-20-7-3-18(4-8-20)10-14-22/h11-12,15-22H,1-10,13-14H2. The Kier molecular flexibility index (Phi) is 8.77. The highest BCUT2D eigenvalue weighted by molar-refractivity contribution is 4.91. The first-order valence-electron chi connectivity index (χ1n) is 9.52. The summed E-state index contributed by atoms with van der Waals surface area (Å²) in [7, 11) is 0. The Morgan fingerprint density at radius 2 is 1.04 bits per heavy atom. The quantitative estimate of drug-likeness (QED) is 0.651. The van der Waals surface area contributed by atoms with E-state index in [1.807, 2.05) is 12.5 Å². The largest absolute Gasteiger partial charge is 0.473 e. The highest BCUT2D eigenvalue weighted by Gasteiger charge is 2.19. The maximum Gasteiger partial charge on any atom is 0.0864 e. The molecule has 3 heteroatoms. The topological polar surface area (TPSA) is 49.7 Å².